The molecule has 1 aliphatic carbocycles. The van der Waals surface area contributed by atoms with Crippen molar-refractivity contribution in [2.75, 3.05) is 18.4 Å². The van der Waals surface area contributed by atoms with Gasteiger partial charge in [0, 0.05) is 19.5 Å². The number of fused-ring (bicyclic) bond motifs is 1. The molecular formula is C21H25N3O4S2. The van der Waals surface area contributed by atoms with E-state index in [2.05, 4.69) is 10.3 Å². The van der Waals surface area contributed by atoms with Crippen LogP contribution < -0.4 is 5.32 Å². The Morgan fingerprint density at radius 1 is 1.23 bits per heavy atom. The summed E-state index contributed by atoms with van der Waals surface area (Å²) >= 11 is 1.22. The van der Waals surface area contributed by atoms with Crippen LogP contribution in [0.15, 0.2) is 35.2 Å². The quantitative estimate of drug-likeness (QED) is 0.775. The molecule has 1 amide bonds. The summed E-state index contributed by atoms with van der Waals surface area (Å²) in [5.74, 6) is -0.636. The fourth-order valence-corrected chi connectivity index (χ4v) is 6.56. The lowest BCUT2D eigenvalue weighted by Gasteiger charge is -2.31. The van der Waals surface area contributed by atoms with E-state index in [0.29, 0.717) is 42.2 Å². The minimum atomic E-state index is -3.63. The number of anilines is 1. The zero-order valence-corrected chi connectivity index (χ0v) is 18.7. The molecule has 0 spiro atoms. The van der Waals surface area contributed by atoms with Gasteiger partial charge in [0.15, 0.2) is 10.9 Å². The molecule has 1 unspecified atom stereocenters. The van der Waals surface area contributed by atoms with Crippen molar-refractivity contribution in [3.63, 3.8) is 0 Å². The van der Waals surface area contributed by atoms with E-state index in [4.69, 9.17) is 0 Å². The van der Waals surface area contributed by atoms with Crippen molar-refractivity contribution >= 4 is 38.2 Å². The summed E-state index contributed by atoms with van der Waals surface area (Å²) in [5, 5.41) is 3.24. The Morgan fingerprint density at radius 3 is 2.70 bits per heavy atom. The predicted octanol–water partition coefficient (Wildman–Crippen LogP) is 3.34. The van der Waals surface area contributed by atoms with Gasteiger partial charge in [-0.3, -0.25) is 9.59 Å². The first-order chi connectivity index (χ1) is 14.2. The molecule has 7 nitrogen and oxygen atoms in total. The fraction of sp³-hybridized carbons (Fsp3) is 0.476. The Morgan fingerprint density at radius 2 is 1.97 bits per heavy atom. The topological polar surface area (TPSA) is 96.4 Å². The molecule has 160 valence electrons. The van der Waals surface area contributed by atoms with Gasteiger partial charge in [0.1, 0.15) is 0 Å². The second-order valence-electron chi connectivity index (χ2n) is 8.74. The zero-order valence-electron chi connectivity index (χ0n) is 17.1. The Labute approximate surface area is 180 Å². The molecule has 2 aliphatic rings. The van der Waals surface area contributed by atoms with E-state index < -0.39 is 15.9 Å². The van der Waals surface area contributed by atoms with E-state index in [1.807, 2.05) is 13.8 Å². The number of Topliss-reactive ketones (excluding diaryl/α,β-unsaturated/α-hetero) is 1. The molecular weight excluding hydrogens is 422 g/mol. The van der Waals surface area contributed by atoms with Crippen LogP contribution in [0.5, 0.6) is 0 Å². The highest BCUT2D eigenvalue weighted by molar-refractivity contribution is 7.89. The summed E-state index contributed by atoms with van der Waals surface area (Å²) in [5.41, 5.74) is 0.614. The first kappa shape index (κ1) is 21.1. The molecule has 30 heavy (non-hydrogen) atoms. The predicted molar refractivity (Wildman–Crippen MR) is 115 cm³/mol. The van der Waals surface area contributed by atoms with Crippen LogP contribution in [0.2, 0.25) is 0 Å². The van der Waals surface area contributed by atoms with Crippen molar-refractivity contribution in [3.8, 4) is 0 Å². The number of hydrogen-bond acceptors (Lipinski definition) is 6. The molecule has 2 aromatic rings. The minimum absolute atomic E-state index is 0.0667. The molecule has 1 fully saturated rings. The Bertz CT molecular complexity index is 1080. The third-order valence-corrected chi connectivity index (χ3v) is 8.54. The fourth-order valence-electron chi connectivity index (χ4n) is 4.10. The molecule has 9 heteroatoms. The van der Waals surface area contributed by atoms with Crippen molar-refractivity contribution in [3.05, 3.63) is 40.9 Å². The summed E-state index contributed by atoms with van der Waals surface area (Å²) in [6, 6.07) is 8.28. The number of nitrogens with zero attached hydrogens (tertiary/aromatic N) is 2. The normalized spacial score (nSPS) is 21.8. The highest BCUT2D eigenvalue weighted by Gasteiger charge is 2.36. The zero-order chi connectivity index (χ0) is 21.5. The molecule has 1 atom stereocenters. The Kier molecular flexibility index (Phi) is 5.54. The highest BCUT2D eigenvalue weighted by atomic mass is 32.2. The van der Waals surface area contributed by atoms with E-state index >= 15 is 0 Å². The molecule has 1 aromatic carbocycles. The number of carbonyl (C=O) groups excluding carboxylic acids is 2. The average molecular weight is 448 g/mol. The molecule has 1 aliphatic heterocycles. The molecule has 1 N–H and O–H groups in total. The van der Waals surface area contributed by atoms with Gasteiger partial charge >= 0.3 is 0 Å². The van der Waals surface area contributed by atoms with Gasteiger partial charge in [0.2, 0.25) is 15.9 Å². The molecule has 0 saturated carbocycles. The summed E-state index contributed by atoms with van der Waals surface area (Å²) in [4.78, 5) is 30.6. The van der Waals surface area contributed by atoms with E-state index in [-0.39, 0.29) is 28.5 Å². The van der Waals surface area contributed by atoms with Crippen LogP contribution in [-0.2, 0) is 21.2 Å². The first-order valence-corrected chi connectivity index (χ1v) is 12.3. The average Bonchev–Trinajstić information content (AvgIpc) is 3.10. The van der Waals surface area contributed by atoms with Gasteiger partial charge < -0.3 is 5.32 Å². The number of nitrogens with one attached hydrogen (secondary N) is 1. The number of aromatic nitrogens is 1. The largest absolute Gasteiger partial charge is 0.302 e. The lowest BCUT2D eigenvalue weighted by Crippen LogP contribution is -2.43. The third-order valence-electron chi connectivity index (χ3n) is 5.60. The second-order valence-corrected chi connectivity index (χ2v) is 11.7. The lowest BCUT2D eigenvalue weighted by molar-refractivity contribution is -0.120. The van der Waals surface area contributed by atoms with Gasteiger partial charge in [-0.2, -0.15) is 4.31 Å². The molecule has 1 saturated heterocycles. The SMILES string of the molecule is CC1(C)CC(=O)c2sc(NC(=O)C3CCCN(S(=O)(=O)c4ccccc4)C3)nc2C1. The maximum Gasteiger partial charge on any atom is 0.243 e. The molecule has 1 aromatic heterocycles. The van der Waals surface area contributed by atoms with Crippen LogP contribution in [0.25, 0.3) is 0 Å². The van der Waals surface area contributed by atoms with Crippen LogP contribution in [0.3, 0.4) is 0 Å². The number of benzene rings is 1. The lowest BCUT2D eigenvalue weighted by atomic mass is 9.78. The Balaban J connectivity index is 1.47. The monoisotopic (exact) mass is 447 g/mol. The number of thiazole rings is 1. The van der Waals surface area contributed by atoms with Crippen LogP contribution in [0.4, 0.5) is 5.13 Å². The van der Waals surface area contributed by atoms with Crippen molar-refractivity contribution in [2.24, 2.45) is 11.3 Å². The van der Waals surface area contributed by atoms with Crippen LogP contribution in [0.1, 0.15) is 48.5 Å². The van der Waals surface area contributed by atoms with Crippen molar-refractivity contribution in [1.82, 2.24) is 9.29 Å². The highest BCUT2D eigenvalue weighted by Crippen LogP contribution is 2.38. The van der Waals surface area contributed by atoms with Crippen LogP contribution in [0, 0.1) is 11.3 Å². The van der Waals surface area contributed by atoms with Crippen molar-refractivity contribution in [2.45, 2.75) is 44.4 Å². The van der Waals surface area contributed by atoms with Crippen molar-refractivity contribution < 1.29 is 18.0 Å². The third kappa shape index (κ3) is 4.19. The second kappa shape index (κ2) is 7.86. The summed E-state index contributed by atoms with van der Waals surface area (Å²) in [6.45, 7) is 4.61. The smallest absolute Gasteiger partial charge is 0.243 e. The number of ketones is 1. The van der Waals surface area contributed by atoms with Gasteiger partial charge in [0.25, 0.3) is 0 Å². The molecule has 4 rings (SSSR count). The number of amides is 1. The van der Waals surface area contributed by atoms with Gasteiger partial charge in [-0.1, -0.05) is 43.4 Å². The van der Waals surface area contributed by atoms with Gasteiger partial charge in [-0.05, 0) is 36.8 Å². The van der Waals surface area contributed by atoms with E-state index in [0.717, 1.165) is 5.69 Å². The maximum absolute atomic E-state index is 12.9. The molecule has 2 heterocycles. The van der Waals surface area contributed by atoms with Crippen molar-refractivity contribution in [1.29, 1.82) is 0 Å². The van der Waals surface area contributed by atoms with E-state index in [1.165, 1.54) is 15.6 Å². The number of sulfonamides is 1. The number of rotatable bonds is 4. The summed E-state index contributed by atoms with van der Waals surface area (Å²) < 4.78 is 27.2. The number of piperidine rings is 1. The van der Waals surface area contributed by atoms with Crippen LogP contribution in [-0.4, -0.2) is 42.5 Å². The van der Waals surface area contributed by atoms with Gasteiger partial charge in [-0.25, -0.2) is 13.4 Å². The van der Waals surface area contributed by atoms with Crippen LogP contribution >= 0.6 is 11.3 Å². The van der Waals surface area contributed by atoms with E-state index in [1.54, 1.807) is 30.3 Å². The minimum Gasteiger partial charge on any atom is -0.302 e. The maximum atomic E-state index is 12.9. The van der Waals surface area contributed by atoms with Gasteiger partial charge in [0.05, 0.1) is 21.4 Å². The molecule has 0 radical (unpaired) electrons. The summed E-state index contributed by atoms with van der Waals surface area (Å²) in [7, 11) is -3.63. The van der Waals surface area contributed by atoms with E-state index in [9.17, 15) is 18.0 Å². The Hall–Kier alpha value is -2.10. The van der Waals surface area contributed by atoms with Gasteiger partial charge in [-0.15, -0.1) is 0 Å². The molecule has 0 bridgehead atoms. The summed E-state index contributed by atoms with van der Waals surface area (Å²) in [6.07, 6.45) is 2.41. The number of carbonyl (C=O) groups is 2. The number of hydrogen-bond donors (Lipinski definition) is 1. The standard InChI is InChI=1S/C21H25N3O4S2/c1-21(2)11-16-18(17(25)12-21)29-20(22-16)23-19(26)14-7-6-10-24(13-14)30(27,28)15-8-4-3-5-9-15/h3-5,8-9,14H,6-7,10-13H2,1-2H3,(H,22,23,26). The first-order valence-electron chi connectivity index (χ1n) is 10.0.